The van der Waals surface area contributed by atoms with Crippen LogP contribution in [0.1, 0.15) is 149 Å². The Labute approximate surface area is 347 Å². The Morgan fingerprint density at radius 1 is 0.386 bits per heavy atom. The highest BCUT2D eigenvalue weighted by Crippen LogP contribution is 2.10. The molecular formula is C51H76O6. The van der Waals surface area contributed by atoms with Crippen LogP contribution in [0.25, 0.3) is 0 Å². The fraction of sp³-hybridized carbons (Fsp3) is 0.510. The van der Waals surface area contributed by atoms with Crippen molar-refractivity contribution < 1.29 is 28.6 Å². The van der Waals surface area contributed by atoms with Gasteiger partial charge in [0.15, 0.2) is 6.10 Å². The summed E-state index contributed by atoms with van der Waals surface area (Å²) < 4.78 is 16.6. The van der Waals surface area contributed by atoms with Crippen LogP contribution in [0.4, 0.5) is 0 Å². The SMILES string of the molecule is CC\C=C/C=C\C=C/C=C\C=C\C=C/CCCCCC(=O)OCC(COC(=O)CCCCC/C=C\C=C/CCCC)OC(=O)CCC/C=C\C/C=C\C/C=C\CC. The van der Waals surface area contributed by atoms with Gasteiger partial charge in [-0.2, -0.15) is 0 Å². The predicted octanol–water partition coefficient (Wildman–Crippen LogP) is 14.0. The van der Waals surface area contributed by atoms with Gasteiger partial charge in [-0.05, 0) is 83.5 Å². The number of esters is 3. The van der Waals surface area contributed by atoms with E-state index in [2.05, 4.69) is 93.7 Å². The number of ether oxygens (including phenoxy) is 3. The third-order valence-electron chi connectivity index (χ3n) is 8.31. The van der Waals surface area contributed by atoms with E-state index in [0.717, 1.165) is 83.5 Å². The summed E-state index contributed by atoms with van der Waals surface area (Å²) in [5, 5.41) is 0. The largest absolute Gasteiger partial charge is 0.462 e. The van der Waals surface area contributed by atoms with Crippen LogP contribution in [-0.2, 0) is 28.6 Å². The minimum atomic E-state index is -0.836. The molecule has 6 nitrogen and oxygen atoms in total. The van der Waals surface area contributed by atoms with Gasteiger partial charge in [-0.3, -0.25) is 14.4 Å². The highest BCUT2D eigenvalue weighted by molar-refractivity contribution is 5.71. The maximum Gasteiger partial charge on any atom is 0.306 e. The van der Waals surface area contributed by atoms with Gasteiger partial charge in [0, 0.05) is 19.3 Å². The molecule has 0 bridgehead atoms. The zero-order chi connectivity index (χ0) is 41.5. The first-order valence-corrected chi connectivity index (χ1v) is 21.8. The van der Waals surface area contributed by atoms with E-state index in [9.17, 15) is 14.4 Å². The van der Waals surface area contributed by atoms with E-state index >= 15 is 0 Å². The van der Waals surface area contributed by atoms with Crippen molar-refractivity contribution in [2.24, 2.45) is 0 Å². The lowest BCUT2D eigenvalue weighted by Crippen LogP contribution is -2.30. The Hall–Kier alpha value is -4.45. The first-order valence-electron chi connectivity index (χ1n) is 21.8. The van der Waals surface area contributed by atoms with Crippen molar-refractivity contribution >= 4 is 17.9 Å². The second kappa shape index (κ2) is 44.3. The second-order valence-corrected chi connectivity index (χ2v) is 13.7. The second-order valence-electron chi connectivity index (χ2n) is 13.7. The van der Waals surface area contributed by atoms with E-state index in [1.54, 1.807) is 0 Å². The molecule has 6 heteroatoms. The number of carbonyl (C=O) groups is 3. The summed E-state index contributed by atoms with van der Waals surface area (Å²) in [6.07, 6.45) is 61.6. The van der Waals surface area contributed by atoms with Crippen LogP contribution in [0.5, 0.6) is 0 Å². The Bertz CT molecular complexity index is 1320. The fourth-order valence-electron chi connectivity index (χ4n) is 5.06. The van der Waals surface area contributed by atoms with Gasteiger partial charge in [-0.25, -0.2) is 0 Å². The average Bonchev–Trinajstić information content (AvgIpc) is 3.21. The molecule has 0 aromatic heterocycles. The molecule has 1 unspecified atom stereocenters. The number of hydrogen-bond donors (Lipinski definition) is 0. The molecule has 0 aromatic carbocycles. The Morgan fingerprint density at radius 2 is 0.789 bits per heavy atom. The average molecular weight is 785 g/mol. The van der Waals surface area contributed by atoms with Gasteiger partial charge in [0.05, 0.1) is 0 Å². The van der Waals surface area contributed by atoms with Crippen LogP contribution in [0, 0.1) is 0 Å². The maximum atomic E-state index is 12.7. The van der Waals surface area contributed by atoms with Crippen LogP contribution >= 0.6 is 0 Å². The van der Waals surface area contributed by atoms with E-state index in [0.29, 0.717) is 19.3 Å². The number of rotatable bonds is 36. The number of unbranched alkanes of at least 4 members (excludes halogenated alkanes) is 9. The van der Waals surface area contributed by atoms with Crippen molar-refractivity contribution in [2.75, 3.05) is 13.2 Å². The summed E-state index contributed by atoms with van der Waals surface area (Å²) in [4.78, 5) is 37.6. The van der Waals surface area contributed by atoms with Crippen molar-refractivity contribution in [2.45, 2.75) is 155 Å². The fourth-order valence-corrected chi connectivity index (χ4v) is 5.06. The molecule has 0 spiro atoms. The molecule has 0 aromatic rings. The lowest BCUT2D eigenvalue weighted by atomic mass is 10.1. The Morgan fingerprint density at radius 3 is 1.30 bits per heavy atom. The summed E-state index contributed by atoms with van der Waals surface area (Å²) in [6, 6.07) is 0. The lowest BCUT2D eigenvalue weighted by molar-refractivity contribution is -0.167. The molecule has 57 heavy (non-hydrogen) atoms. The molecule has 0 rings (SSSR count). The zero-order valence-corrected chi connectivity index (χ0v) is 35.8. The molecule has 0 aliphatic heterocycles. The minimum Gasteiger partial charge on any atom is -0.462 e. The van der Waals surface area contributed by atoms with Crippen molar-refractivity contribution in [3.8, 4) is 0 Å². The molecule has 316 valence electrons. The lowest BCUT2D eigenvalue weighted by Gasteiger charge is -2.18. The zero-order valence-electron chi connectivity index (χ0n) is 35.8. The molecule has 1 atom stereocenters. The Kier molecular flexibility index (Phi) is 40.8. The van der Waals surface area contributed by atoms with Gasteiger partial charge in [-0.1, -0.05) is 180 Å². The molecule has 0 heterocycles. The third-order valence-corrected chi connectivity index (χ3v) is 8.31. The molecule has 0 saturated carbocycles. The summed E-state index contributed by atoms with van der Waals surface area (Å²) in [6.45, 7) is 6.16. The van der Waals surface area contributed by atoms with Crippen LogP contribution in [-0.4, -0.2) is 37.2 Å². The van der Waals surface area contributed by atoms with Crippen molar-refractivity contribution in [1.82, 2.24) is 0 Å². The van der Waals surface area contributed by atoms with Crippen molar-refractivity contribution in [3.05, 3.63) is 134 Å². The molecule has 0 aliphatic rings. The normalized spacial score (nSPS) is 13.4. The van der Waals surface area contributed by atoms with Crippen molar-refractivity contribution in [3.63, 3.8) is 0 Å². The Balaban J connectivity index is 4.60. The van der Waals surface area contributed by atoms with Gasteiger partial charge in [0.25, 0.3) is 0 Å². The first-order chi connectivity index (χ1) is 28.0. The van der Waals surface area contributed by atoms with Gasteiger partial charge >= 0.3 is 17.9 Å². The predicted molar refractivity (Wildman–Crippen MR) is 242 cm³/mol. The van der Waals surface area contributed by atoms with E-state index in [-0.39, 0.29) is 38.0 Å². The van der Waals surface area contributed by atoms with Gasteiger partial charge in [0.1, 0.15) is 13.2 Å². The highest BCUT2D eigenvalue weighted by Gasteiger charge is 2.19. The summed E-state index contributed by atoms with van der Waals surface area (Å²) >= 11 is 0. The van der Waals surface area contributed by atoms with Gasteiger partial charge in [-0.15, -0.1) is 0 Å². The third kappa shape index (κ3) is 42.5. The monoisotopic (exact) mass is 785 g/mol. The van der Waals surface area contributed by atoms with Crippen LogP contribution in [0.2, 0.25) is 0 Å². The molecule has 0 aliphatic carbocycles. The molecule has 0 saturated heterocycles. The molecule has 0 fully saturated rings. The minimum absolute atomic E-state index is 0.133. The summed E-state index contributed by atoms with van der Waals surface area (Å²) in [5.41, 5.74) is 0. The molecule has 0 N–H and O–H groups in total. The molecule has 0 amide bonds. The van der Waals surface area contributed by atoms with Crippen LogP contribution in [0.3, 0.4) is 0 Å². The molecular weight excluding hydrogens is 709 g/mol. The van der Waals surface area contributed by atoms with Gasteiger partial charge < -0.3 is 14.2 Å². The van der Waals surface area contributed by atoms with E-state index in [1.807, 2.05) is 60.8 Å². The smallest absolute Gasteiger partial charge is 0.306 e. The van der Waals surface area contributed by atoms with E-state index in [4.69, 9.17) is 14.2 Å². The maximum absolute atomic E-state index is 12.7. The van der Waals surface area contributed by atoms with Gasteiger partial charge in [0.2, 0.25) is 0 Å². The van der Waals surface area contributed by atoms with E-state index in [1.165, 1.54) is 12.8 Å². The van der Waals surface area contributed by atoms with Crippen molar-refractivity contribution in [1.29, 1.82) is 0 Å². The summed E-state index contributed by atoms with van der Waals surface area (Å²) in [7, 11) is 0. The number of carbonyl (C=O) groups excluding carboxylic acids is 3. The summed E-state index contributed by atoms with van der Waals surface area (Å²) in [5.74, 6) is -1.08. The highest BCUT2D eigenvalue weighted by atomic mass is 16.6. The van der Waals surface area contributed by atoms with E-state index < -0.39 is 12.1 Å². The number of hydrogen-bond acceptors (Lipinski definition) is 6. The van der Waals surface area contributed by atoms with Crippen LogP contribution < -0.4 is 0 Å². The topological polar surface area (TPSA) is 78.9 Å². The first kappa shape index (κ1) is 52.6. The molecule has 0 radical (unpaired) electrons. The number of allylic oxidation sites excluding steroid dienone is 22. The quantitative estimate of drug-likeness (QED) is 0.0207. The standard InChI is InChI=1S/C51H76O6/c1-4-7-10-13-16-19-22-23-24-25-26-27-30-32-35-38-41-44-50(53)56-47-48(57-51(54)45-42-39-36-33-29-21-18-15-12-9-6-3)46-55-49(52)43-40-37-34-31-28-20-17-14-11-8-5-2/h7,9-10,12-14,16-28,30,33,36,48H,4-6,8,11,15,29,31-32,34-35,37-47H2,1-3H3/b10-7-,12-9-,16-13-,17-14-,21-18-,22-19-,24-23-,26-25+,28-20-,30-27-,36-33-. The van der Waals surface area contributed by atoms with Crippen LogP contribution in [0.15, 0.2) is 134 Å².